The van der Waals surface area contributed by atoms with Crippen LogP contribution in [0, 0.1) is 6.92 Å². The van der Waals surface area contributed by atoms with Gasteiger partial charge in [-0.25, -0.2) is 9.97 Å². The molecule has 0 saturated heterocycles. The summed E-state index contributed by atoms with van der Waals surface area (Å²) >= 11 is 3.30. The van der Waals surface area contributed by atoms with E-state index in [-0.39, 0.29) is 22.1 Å². The highest BCUT2D eigenvalue weighted by atomic mass is 79.9. The predicted octanol–water partition coefficient (Wildman–Crippen LogP) is 2.59. The summed E-state index contributed by atoms with van der Waals surface area (Å²) in [4.78, 5) is 12.2. The molecule has 3 N–H and O–H groups in total. The molecule has 0 saturated carbocycles. The van der Waals surface area contributed by atoms with Crippen molar-refractivity contribution in [3.63, 3.8) is 0 Å². The van der Waals surface area contributed by atoms with Gasteiger partial charge in [0.15, 0.2) is 0 Å². The van der Waals surface area contributed by atoms with Crippen molar-refractivity contribution < 1.29 is 13.0 Å². The fourth-order valence-corrected chi connectivity index (χ4v) is 3.25. The average Bonchev–Trinajstić information content (AvgIpc) is 2.44. The summed E-state index contributed by atoms with van der Waals surface area (Å²) in [6.45, 7) is 1.80. The molecule has 3 rings (SSSR count). The number of anilines is 1. The number of nitrogens with two attached hydrogens (primary N) is 1. The second-order valence-corrected chi connectivity index (χ2v) is 7.23. The van der Waals surface area contributed by atoms with Crippen molar-refractivity contribution in [3.8, 4) is 11.3 Å². The Morgan fingerprint density at radius 1 is 1.22 bits per heavy atom. The van der Waals surface area contributed by atoms with Gasteiger partial charge in [0.1, 0.15) is 16.1 Å². The Labute approximate surface area is 140 Å². The number of aromatic nitrogens is 3. The van der Waals surface area contributed by atoms with Crippen LogP contribution in [-0.2, 0) is 10.1 Å². The number of hydrogen-bond donors (Lipinski definition) is 2. The number of halogens is 1. The van der Waals surface area contributed by atoms with E-state index in [1.165, 1.54) is 6.07 Å². The molecular weight excluding hydrogens is 384 g/mol. The summed E-state index contributed by atoms with van der Waals surface area (Å²) in [6, 6.07) is 6.22. The number of nitrogens with zero attached hydrogens (tertiary/aromatic N) is 3. The lowest BCUT2D eigenvalue weighted by Crippen LogP contribution is -2.05. The van der Waals surface area contributed by atoms with Gasteiger partial charge in [-0.05, 0) is 41.1 Å². The van der Waals surface area contributed by atoms with Crippen molar-refractivity contribution in [2.45, 2.75) is 11.8 Å². The highest BCUT2D eigenvalue weighted by Crippen LogP contribution is 2.32. The van der Waals surface area contributed by atoms with Crippen LogP contribution in [0.4, 0.5) is 5.95 Å². The summed E-state index contributed by atoms with van der Waals surface area (Å²) < 4.78 is 33.5. The zero-order valence-corrected chi connectivity index (χ0v) is 14.3. The van der Waals surface area contributed by atoms with Gasteiger partial charge in [0, 0.05) is 16.2 Å². The maximum Gasteiger partial charge on any atom is 0.295 e. The van der Waals surface area contributed by atoms with Crippen molar-refractivity contribution in [2.24, 2.45) is 0 Å². The van der Waals surface area contributed by atoms with E-state index in [4.69, 9.17) is 5.73 Å². The van der Waals surface area contributed by atoms with Crippen molar-refractivity contribution >= 4 is 43.0 Å². The van der Waals surface area contributed by atoms with E-state index in [2.05, 4.69) is 30.9 Å². The molecule has 23 heavy (non-hydrogen) atoms. The summed E-state index contributed by atoms with van der Waals surface area (Å²) in [7, 11) is -4.43. The molecule has 0 atom stereocenters. The van der Waals surface area contributed by atoms with E-state index in [0.717, 1.165) is 5.56 Å². The standard InChI is InChI=1S/C14H11BrN4O3S/c1-7-2-3-11(23(20,21)22)9(4-7)12-13-10(18-14(16)19-12)5-8(15)6-17-13/h2-6H,1H3,(H2,16,18,19)(H,20,21,22). The van der Waals surface area contributed by atoms with Gasteiger partial charge in [-0.15, -0.1) is 0 Å². The van der Waals surface area contributed by atoms with E-state index in [0.29, 0.717) is 15.5 Å². The average molecular weight is 395 g/mol. The van der Waals surface area contributed by atoms with Crippen LogP contribution in [0.25, 0.3) is 22.3 Å². The summed E-state index contributed by atoms with van der Waals surface area (Å²) in [5.74, 6) is -0.0183. The Hall–Kier alpha value is -2.10. The van der Waals surface area contributed by atoms with Crippen molar-refractivity contribution in [2.75, 3.05) is 5.73 Å². The Balaban J connectivity index is 2.44. The second kappa shape index (κ2) is 5.52. The SMILES string of the molecule is Cc1ccc(S(=O)(=O)O)c(-c2nc(N)nc3cc(Br)cnc23)c1. The van der Waals surface area contributed by atoms with E-state index in [1.807, 2.05) is 0 Å². The number of fused-ring (bicyclic) bond motifs is 1. The lowest BCUT2D eigenvalue weighted by molar-refractivity contribution is 0.483. The van der Waals surface area contributed by atoms with Gasteiger partial charge in [-0.3, -0.25) is 9.54 Å². The fourth-order valence-electron chi connectivity index (χ4n) is 2.25. The first-order valence-electron chi connectivity index (χ1n) is 6.43. The molecule has 0 aliphatic heterocycles. The number of pyridine rings is 1. The maximum atomic E-state index is 11.7. The molecule has 3 aromatic rings. The Morgan fingerprint density at radius 3 is 2.65 bits per heavy atom. The van der Waals surface area contributed by atoms with Gasteiger partial charge in [-0.1, -0.05) is 11.6 Å². The monoisotopic (exact) mass is 394 g/mol. The molecule has 1 aromatic carbocycles. The van der Waals surface area contributed by atoms with E-state index < -0.39 is 10.1 Å². The van der Waals surface area contributed by atoms with Crippen LogP contribution < -0.4 is 5.73 Å². The lowest BCUT2D eigenvalue weighted by atomic mass is 10.1. The van der Waals surface area contributed by atoms with Crippen molar-refractivity contribution in [1.82, 2.24) is 15.0 Å². The first kappa shape index (κ1) is 15.8. The zero-order chi connectivity index (χ0) is 16.8. The topological polar surface area (TPSA) is 119 Å². The first-order chi connectivity index (χ1) is 10.8. The smallest absolute Gasteiger partial charge is 0.295 e. The predicted molar refractivity (Wildman–Crippen MR) is 89.4 cm³/mol. The van der Waals surface area contributed by atoms with Crippen molar-refractivity contribution in [1.29, 1.82) is 0 Å². The zero-order valence-electron chi connectivity index (χ0n) is 11.9. The minimum absolute atomic E-state index is 0.0183. The molecule has 0 spiro atoms. The van der Waals surface area contributed by atoms with Crippen LogP contribution in [0.2, 0.25) is 0 Å². The largest absolute Gasteiger partial charge is 0.368 e. The van der Waals surface area contributed by atoms with Crippen LogP contribution in [0.5, 0.6) is 0 Å². The lowest BCUT2D eigenvalue weighted by Gasteiger charge is -2.10. The van der Waals surface area contributed by atoms with Crippen LogP contribution in [-0.4, -0.2) is 27.9 Å². The van der Waals surface area contributed by atoms with Gasteiger partial charge >= 0.3 is 0 Å². The number of nitrogen functional groups attached to an aromatic ring is 1. The van der Waals surface area contributed by atoms with Gasteiger partial charge < -0.3 is 5.73 Å². The van der Waals surface area contributed by atoms with E-state index in [9.17, 15) is 13.0 Å². The molecule has 118 valence electrons. The number of benzene rings is 1. The summed E-state index contributed by atoms with van der Waals surface area (Å²) in [6.07, 6.45) is 1.55. The maximum absolute atomic E-state index is 11.7. The molecule has 0 amide bonds. The molecule has 2 aromatic heterocycles. The summed E-state index contributed by atoms with van der Waals surface area (Å²) in [5, 5.41) is 0. The molecule has 0 aliphatic rings. The minimum Gasteiger partial charge on any atom is -0.368 e. The quantitative estimate of drug-likeness (QED) is 0.640. The first-order valence-corrected chi connectivity index (χ1v) is 8.66. The molecule has 0 fully saturated rings. The van der Waals surface area contributed by atoms with Gasteiger partial charge in [-0.2, -0.15) is 8.42 Å². The Bertz CT molecular complexity index is 1030. The number of aryl methyl sites for hydroxylation is 1. The second-order valence-electron chi connectivity index (χ2n) is 4.93. The third kappa shape index (κ3) is 3.03. The van der Waals surface area contributed by atoms with Gasteiger partial charge in [0.05, 0.1) is 5.52 Å². The number of rotatable bonds is 2. The van der Waals surface area contributed by atoms with Crippen LogP contribution in [0.3, 0.4) is 0 Å². The molecule has 7 nitrogen and oxygen atoms in total. The molecule has 0 bridgehead atoms. The molecular formula is C14H11BrN4O3S. The molecule has 2 heterocycles. The van der Waals surface area contributed by atoms with Crippen LogP contribution in [0.15, 0.2) is 39.8 Å². The minimum atomic E-state index is -4.43. The summed E-state index contributed by atoms with van der Waals surface area (Å²) in [5.41, 5.74) is 7.85. The van der Waals surface area contributed by atoms with Gasteiger partial charge in [0.2, 0.25) is 5.95 Å². The normalized spacial score (nSPS) is 11.8. The molecule has 9 heteroatoms. The highest BCUT2D eigenvalue weighted by molar-refractivity contribution is 9.10. The molecule has 0 aliphatic carbocycles. The fraction of sp³-hybridized carbons (Fsp3) is 0.0714. The third-order valence-electron chi connectivity index (χ3n) is 3.19. The Kier molecular flexibility index (Phi) is 3.78. The molecule has 0 radical (unpaired) electrons. The Morgan fingerprint density at radius 2 is 1.96 bits per heavy atom. The van der Waals surface area contributed by atoms with E-state index in [1.54, 1.807) is 31.3 Å². The van der Waals surface area contributed by atoms with E-state index >= 15 is 0 Å². The van der Waals surface area contributed by atoms with Crippen molar-refractivity contribution in [3.05, 3.63) is 40.5 Å². The van der Waals surface area contributed by atoms with Crippen LogP contribution >= 0.6 is 15.9 Å². The van der Waals surface area contributed by atoms with Crippen LogP contribution in [0.1, 0.15) is 5.56 Å². The van der Waals surface area contributed by atoms with Gasteiger partial charge in [0.25, 0.3) is 10.1 Å². The third-order valence-corrected chi connectivity index (χ3v) is 4.53. The highest BCUT2D eigenvalue weighted by Gasteiger charge is 2.21. The molecule has 0 unspecified atom stereocenters. The number of hydrogen-bond acceptors (Lipinski definition) is 6.